The lowest BCUT2D eigenvalue weighted by Crippen LogP contribution is -2.54. The van der Waals surface area contributed by atoms with Gasteiger partial charge in [-0.15, -0.1) is 0 Å². The maximum atomic E-state index is 14.9. The summed E-state index contributed by atoms with van der Waals surface area (Å²) in [6.07, 6.45) is -6.78. The van der Waals surface area contributed by atoms with Gasteiger partial charge in [-0.25, -0.2) is 19.1 Å². The van der Waals surface area contributed by atoms with Crippen molar-refractivity contribution in [1.29, 1.82) is 0 Å². The third-order valence-corrected chi connectivity index (χ3v) is 18.1. The second-order valence-corrected chi connectivity index (χ2v) is 26.0. The van der Waals surface area contributed by atoms with Crippen molar-refractivity contribution in [2.45, 2.75) is 162 Å². The Morgan fingerprint density at radius 1 is 0.846 bits per heavy atom. The van der Waals surface area contributed by atoms with Gasteiger partial charge in [0.2, 0.25) is 39.9 Å². The van der Waals surface area contributed by atoms with Crippen LogP contribution in [-0.2, 0) is 78.8 Å². The van der Waals surface area contributed by atoms with Crippen LogP contribution < -0.4 is 21.3 Å². The highest BCUT2D eigenvalue weighted by atomic mass is 32.2. The fourth-order valence-corrected chi connectivity index (χ4v) is 12.4. The van der Waals surface area contributed by atoms with Gasteiger partial charge in [-0.1, -0.05) is 92.1 Å². The summed E-state index contributed by atoms with van der Waals surface area (Å²) in [5.74, 6) is -0.607. The number of sulfonamides is 1. The summed E-state index contributed by atoms with van der Waals surface area (Å²) >= 11 is 0. The number of benzene rings is 2. The maximum absolute atomic E-state index is 14.9. The van der Waals surface area contributed by atoms with Gasteiger partial charge in [0.15, 0.2) is 5.78 Å². The first-order valence-corrected chi connectivity index (χ1v) is 32.3. The number of nitrogens with two attached hydrogens (primary N) is 1. The van der Waals surface area contributed by atoms with Gasteiger partial charge in [-0.2, -0.15) is 13.9 Å². The number of hydrogen-bond acceptors (Lipinski definition) is 22. The summed E-state index contributed by atoms with van der Waals surface area (Å²) in [7, 11) is 2.06. The zero-order valence-corrected chi connectivity index (χ0v) is 55.4. The first-order chi connectivity index (χ1) is 42.8. The largest absolute Gasteiger partial charge is 0.462 e. The molecule has 512 valence electrons. The van der Waals surface area contributed by atoms with E-state index >= 15 is 0 Å². The standard InChI is InChI=1S/C61H97N7O19S.CO2/c1-14-37(6)54(49(82-11)30-52(74)68-25-18-21-44(68)58(83-12)39(8)45(69)27-38(7)55(75)40-19-16-15-17-20-40)65(9)59(78)43(35(2)3)29-46(70)53(36(4)5)66(10)61(79)85-32-41-28-42(22-23-48(41)87-60-57(77)56(76)47(71)33-84-60)64-50(72)31-67(88(13,80)81)26-24-63-51(73)34-86-62;2-1-3/h15-17,19-20,22-23,28,35-39,43-44,47,49,53-58,60,71,75-77H,14,18,21,24-27,29-34,62H2,1-13H3,(H,63,73)(H,64,72);/t37-,38-,39-,43-,44-,47?,49+,53-,54-,55+,56?,57?,58+,60?;/m0./s1. The second-order valence-electron chi connectivity index (χ2n) is 24.0. The number of rotatable bonds is 35. The maximum Gasteiger partial charge on any atom is 0.410 e. The highest BCUT2D eigenvalue weighted by Gasteiger charge is 2.45. The van der Waals surface area contributed by atoms with Gasteiger partial charge in [-0.05, 0) is 60.3 Å². The van der Waals surface area contributed by atoms with Gasteiger partial charge in [0.25, 0.3) is 0 Å². The smallest absolute Gasteiger partial charge is 0.410 e. The van der Waals surface area contributed by atoms with Gasteiger partial charge < -0.3 is 69.4 Å². The number of carbonyl (C=O) groups is 7. The Bertz CT molecular complexity index is 2830. The molecule has 2 saturated heterocycles. The van der Waals surface area contributed by atoms with Crippen molar-refractivity contribution in [3.05, 3.63) is 59.7 Å². The van der Waals surface area contributed by atoms with Crippen LogP contribution >= 0.6 is 0 Å². The molecule has 5 amide bonds. The summed E-state index contributed by atoms with van der Waals surface area (Å²) in [5.41, 5.74) is 0.856. The zero-order valence-electron chi connectivity index (χ0n) is 54.6. The molecule has 2 aromatic carbocycles. The molecule has 0 spiro atoms. The van der Waals surface area contributed by atoms with Gasteiger partial charge >= 0.3 is 12.2 Å². The van der Waals surface area contributed by atoms with E-state index in [1.807, 2.05) is 65.0 Å². The number of likely N-dealkylation sites (tertiary alicyclic amines) is 1. The van der Waals surface area contributed by atoms with Crippen molar-refractivity contribution in [3.63, 3.8) is 0 Å². The fourth-order valence-electron chi connectivity index (χ4n) is 11.6. The zero-order chi connectivity index (χ0) is 68.6. The van der Waals surface area contributed by atoms with E-state index in [-0.39, 0.29) is 90.9 Å². The van der Waals surface area contributed by atoms with E-state index in [0.29, 0.717) is 25.8 Å². The van der Waals surface area contributed by atoms with Crippen molar-refractivity contribution < 1.29 is 101 Å². The number of methoxy groups -OCH3 is 2. The van der Waals surface area contributed by atoms with E-state index < -0.39 is 139 Å². The van der Waals surface area contributed by atoms with Crippen molar-refractivity contribution in [2.24, 2.45) is 41.4 Å². The van der Waals surface area contributed by atoms with Crippen LogP contribution in [0.25, 0.3) is 0 Å². The van der Waals surface area contributed by atoms with Gasteiger partial charge in [0, 0.05) is 83.9 Å². The Balaban J connectivity index is 0.00000706. The third-order valence-electron chi connectivity index (χ3n) is 16.8. The molecular weight excluding hydrogens is 1210 g/mol. The number of amides is 5. The quantitative estimate of drug-likeness (QED) is 0.0486. The number of aliphatic hydroxyl groups excluding tert-OH is 4. The number of Topliss-reactive ketones (excluding diaryl/α,β-unsaturated/α-hetero) is 2. The molecule has 4 rings (SSSR count). The van der Waals surface area contributed by atoms with Crippen molar-refractivity contribution in [3.8, 4) is 5.75 Å². The van der Waals surface area contributed by atoms with Crippen LogP contribution in [0.5, 0.6) is 5.75 Å². The number of aliphatic hydroxyl groups is 4. The number of carbonyl (C=O) groups excluding carboxylic acids is 9. The SMILES string of the molecule is CC[C@H](C)[C@@H]([C@@H](CC(=O)N1CCC[C@H]1[C@H](OC)[C@@H](C)C(=O)C[C@H](C)[C@@H](O)c1ccccc1)OC)N(C)C(=O)[C@@H](CC(=O)[C@H](C(C)C)N(C)C(=O)OCc1cc(NC(=O)CN(CCNC(=O)CON)S(C)(=O)=O)ccc1OC1OCC(O)C(O)C1O)C(C)C.O=C=O. The first kappa shape index (κ1) is 78.9. The number of nitrogens with zero attached hydrogens (tertiary/aromatic N) is 4. The Kier molecular flexibility index (Phi) is 32.9. The molecule has 29 heteroatoms. The van der Waals surface area contributed by atoms with E-state index in [0.717, 1.165) is 21.0 Å². The van der Waals surface area contributed by atoms with Crippen molar-refractivity contribution in [2.75, 3.05) is 79.3 Å². The number of anilines is 1. The summed E-state index contributed by atoms with van der Waals surface area (Å²) in [5, 5.41) is 47.2. The Morgan fingerprint density at radius 3 is 2.07 bits per heavy atom. The molecule has 0 radical (unpaired) electrons. The topological polar surface area (TPSA) is 387 Å². The van der Waals surface area contributed by atoms with Crippen molar-refractivity contribution >= 4 is 63.2 Å². The molecule has 2 fully saturated rings. The molecular formula is C62H97N7O21S. The molecule has 0 aromatic heterocycles. The fraction of sp³-hybridized carbons (Fsp3) is 0.677. The molecule has 2 heterocycles. The summed E-state index contributed by atoms with van der Waals surface area (Å²) in [6.45, 7) is 12.5. The van der Waals surface area contributed by atoms with E-state index in [1.54, 1.807) is 37.6 Å². The van der Waals surface area contributed by atoms with Crippen molar-refractivity contribution in [1.82, 2.24) is 24.3 Å². The Morgan fingerprint density at radius 2 is 1.49 bits per heavy atom. The molecule has 2 aromatic rings. The number of nitrogens with one attached hydrogen (secondary N) is 2. The molecule has 0 bridgehead atoms. The molecule has 0 aliphatic carbocycles. The van der Waals surface area contributed by atoms with E-state index in [1.165, 1.54) is 39.5 Å². The van der Waals surface area contributed by atoms with Crippen LogP contribution in [-0.4, -0.2) is 224 Å². The minimum Gasteiger partial charge on any atom is -0.462 e. The first-order valence-electron chi connectivity index (χ1n) is 30.4. The van der Waals surface area contributed by atoms with E-state index in [4.69, 9.17) is 39.2 Å². The minimum atomic E-state index is -3.97. The van der Waals surface area contributed by atoms with Gasteiger partial charge in [-0.3, -0.25) is 33.6 Å². The second kappa shape index (κ2) is 38.0. The van der Waals surface area contributed by atoms with E-state index in [2.05, 4.69) is 15.5 Å². The van der Waals surface area contributed by atoms with Crippen LogP contribution in [0.2, 0.25) is 0 Å². The molecule has 2 aliphatic heterocycles. The molecule has 2 aliphatic rings. The molecule has 14 atom stereocenters. The highest BCUT2D eigenvalue weighted by molar-refractivity contribution is 7.88. The lowest BCUT2D eigenvalue weighted by atomic mass is 9.83. The average Bonchev–Trinajstić information content (AvgIpc) is 1.87. The number of hydrogen-bond donors (Lipinski definition) is 7. The predicted octanol–water partition coefficient (Wildman–Crippen LogP) is 2.20. The summed E-state index contributed by atoms with van der Waals surface area (Å²) in [6, 6.07) is 11.0. The monoisotopic (exact) mass is 1310 g/mol. The van der Waals surface area contributed by atoms with Gasteiger partial charge in [0.1, 0.15) is 43.1 Å². The number of ether oxygens (including phenoxy) is 5. The minimum absolute atomic E-state index is 0.0632. The molecule has 4 unspecified atom stereocenters. The van der Waals surface area contributed by atoms with Crippen LogP contribution in [0.4, 0.5) is 10.5 Å². The van der Waals surface area contributed by atoms with Crippen LogP contribution in [0.3, 0.4) is 0 Å². The van der Waals surface area contributed by atoms with Crippen LogP contribution in [0.1, 0.15) is 111 Å². The van der Waals surface area contributed by atoms with E-state index in [9.17, 15) is 62.4 Å². The molecule has 0 saturated carbocycles. The normalized spacial score (nSPS) is 20.5. The molecule has 8 N–H and O–H groups in total. The summed E-state index contributed by atoms with van der Waals surface area (Å²) in [4.78, 5) is 122. The lowest BCUT2D eigenvalue weighted by molar-refractivity contribution is -0.242. The predicted molar refractivity (Wildman–Crippen MR) is 329 cm³/mol. The molecule has 28 nitrogen and oxygen atoms in total. The Labute approximate surface area is 533 Å². The van der Waals surface area contributed by atoms with Crippen LogP contribution in [0.15, 0.2) is 48.5 Å². The average molecular weight is 1310 g/mol. The lowest BCUT2D eigenvalue weighted by Gasteiger charge is -2.41. The summed E-state index contributed by atoms with van der Waals surface area (Å²) < 4.78 is 55.3. The Hall–Kier alpha value is -6.34. The third kappa shape index (κ3) is 23.0. The highest BCUT2D eigenvalue weighted by Crippen LogP contribution is 2.34. The number of ketones is 2. The van der Waals surface area contributed by atoms with Crippen LogP contribution in [0, 0.1) is 35.5 Å². The van der Waals surface area contributed by atoms with Gasteiger partial charge in [0.05, 0.1) is 62.3 Å². The molecule has 91 heavy (non-hydrogen) atoms. The number of likely N-dealkylation sites (N-methyl/N-ethyl adjacent to an activating group) is 2.